The summed E-state index contributed by atoms with van der Waals surface area (Å²) in [7, 11) is 1.38. The number of nitrogens with zero attached hydrogens (tertiary/aromatic N) is 1. The normalized spacial score (nSPS) is 30.9. The van der Waals surface area contributed by atoms with E-state index in [2.05, 4.69) is 0 Å². The molecule has 1 aliphatic heterocycles. The molecule has 1 heterocycles. The highest BCUT2D eigenvalue weighted by Crippen LogP contribution is 2.15. The van der Waals surface area contributed by atoms with E-state index in [1.807, 2.05) is 0 Å². The van der Waals surface area contributed by atoms with E-state index in [0.717, 1.165) is 4.90 Å². The number of likely N-dealkylation sites (tertiary alicyclic amines) is 1. The van der Waals surface area contributed by atoms with E-state index in [4.69, 9.17) is 9.84 Å². The Morgan fingerprint density at radius 1 is 1.73 bits per heavy atom. The molecule has 4 nitrogen and oxygen atoms in total. The highest BCUT2D eigenvalue weighted by atomic mass is 19.1. The average molecular weight is 163 g/mol. The van der Waals surface area contributed by atoms with Gasteiger partial charge in [0.15, 0.2) is 0 Å². The van der Waals surface area contributed by atoms with Gasteiger partial charge in [-0.1, -0.05) is 0 Å². The maximum absolute atomic E-state index is 12.8. The van der Waals surface area contributed by atoms with Crippen LogP contribution in [0.5, 0.6) is 0 Å². The summed E-state index contributed by atoms with van der Waals surface area (Å²) in [5.41, 5.74) is 0. The standard InChI is InChI=1S/C6H10FNO3/c1-11-5-3-8(6(9)10)2-4(5)7/h4-5H,2-3H2,1H3,(H,9,10). The van der Waals surface area contributed by atoms with Crippen LogP contribution in [0.2, 0.25) is 0 Å². The molecular formula is C6H10FNO3. The molecule has 1 aliphatic rings. The Morgan fingerprint density at radius 2 is 2.36 bits per heavy atom. The molecule has 2 atom stereocenters. The fourth-order valence-corrected chi connectivity index (χ4v) is 1.11. The minimum atomic E-state index is -1.18. The molecule has 1 N–H and O–H groups in total. The van der Waals surface area contributed by atoms with Crippen molar-refractivity contribution in [3.05, 3.63) is 0 Å². The van der Waals surface area contributed by atoms with Crippen LogP contribution < -0.4 is 0 Å². The lowest BCUT2D eigenvalue weighted by atomic mass is 10.3. The summed E-state index contributed by atoms with van der Waals surface area (Å²) in [6.07, 6.45) is -2.87. The van der Waals surface area contributed by atoms with Gasteiger partial charge in [-0.15, -0.1) is 0 Å². The van der Waals surface area contributed by atoms with Crippen LogP contribution in [0.25, 0.3) is 0 Å². The van der Waals surface area contributed by atoms with Crippen molar-refractivity contribution in [1.82, 2.24) is 4.90 Å². The zero-order valence-corrected chi connectivity index (χ0v) is 6.16. The van der Waals surface area contributed by atoms with Gasteiger partial charge in [0.1, 0.15) is 12.3 Å². The topological polar surface area (TPSA) is 49.8 Å². The van der Waals surface area contributed by atoms with E-state index >= 15 is 0 Å². The van der Waals surface area contributed by atoms with Crippen LogP contribution in [-0.4, -0.2) is 48.6 Å². The van der Waals surface area contributed by atoms with Gasteiger partial charge in [-0.25, -0.2) is 9.18 Å². The summed E-state index contributed by atoms with van der Waals surface area (Å²) in [6.45, 7) is 0.0564. The van der Waals surface area contributed by atoms with Gasteiger partial charge in [-0.05, 0) is 0 Å². The predicted molar refractivity (Wildman–Crippen MR) is 35.3 cm³/mol. The highest BCUT2D eigenvalue weighted by Gasteiger charge is 2.35. The molecule has 0 aromatic rings. The van der Waals surface area contributed by atoms with Crippen LogP contribution in [-0.2, 0) is 4.74 Å². The molecule has 0 spiro atoms. The molecule has 0 saturated carbocycles. The largest absolute Gasteiger partial charge is 0.465 e. The number of alkyl halides is 1. The number of hydrogen-bond donors (Lipinski definition) is 1. The maximum atomic E-state index is 12.8. The molecule has 2 unspecified atom stereocenters. The van der Waals surface area contributed by atoms with Gasteiger partial charge in [-0.3, -0.25) is 0 Å². The van der Waals surface area contributed by atoms with Gasteiger partial charge in [0.2, 0.25) is 0 Å². The zero-order chi connectivity index (χ0) is 8.43. The van der Waals surface area contributed by atoms with Gasteiger partial charge in [-0.2, -0.15) is 0 Å². The van der Waals surface area contributed by atoms with Crippen molar-refractivity contribution in [2.24, 2.45) is 0 Å². The fourth-order valence-electron chi connectivity index (χ4n) is 1.11. The zero-order valence-electron chi connectivity index (χ0n) is 6.16. The van der Waals surface area contributed by atoms with Crippen molar-refractivity contribution in [1.29, 1.82) is 0 Å². The van der Waals surface area contributed by atoms with E-state index in [9.17, 15) is 9.18 Å². The second-order valence-corrected chi connectivity index (χ2v) is 2.48. The van der Waals surface area contributed by atoms with E-state index in [0.29, 0.717) is 0 Å². The number of amides is 1. The van der Waals surface area contributed by atoms with Gasteiger partial charge in [0, 0.05) is 7.11 Å². The lowest BCUT2D eigenvalue weighted by Gasteiger charge is -2.09. The lowest BCUT2D eigenvalue weighted by molar-refractivity contribution is 0.0621. The number of halogens is 1. The lowest BCUT2D eigenvalue weighted by Crippen LogP contribution is -2.27. The molecular weight excluding hydrogens is 153 g/mol. The number of carboxylic acid groups (broad SMARTS) is 1. The summed E-state index contributed by atoms with van der Waals surface area (Å²) in [5.74, 6) is 0. The molecule has 0 aliphatic carbocycles. The first kappa shape index (κ1) is 8.26. The second kappa shape index (κ2) is 3.04. The number of hydrogen-bond acceptors (Lipinski definition) is 2. The number of ether oxygens (including phenoxy) is 1. The quantitative estimate of drug-likeness (QED) is 0.606. The minimum Gasteiger partial charge on any atom is -0.465 e. The number of methoxy groups -OCH3 is 1. The van der Waals surface area contributed by atoms with Crippen molar-refractivity contribution in [3.8, 4) is 0 Å². The van der Waals surface area contributed by atoms with E-state index in [-0.39, 0.29) is 13.1 Å². The van der Waals surface area contributed by atoms with Crippen LogP contribution in [0.15, 0.2) is 0 Å². The predicted octanol–water partition coefficient (Wildman–Crippen LogP) is 0.333. The van der Waals surface area contributed by atoms with Crippen molar-refractivity contribution >= 4 is 6.09 Å². The SMILES string of the molecule is COC1CN(C(=O)O)CC1F. The van der Waals surface area contributed by atoms with Crippen molar-refractivity contribution in [2.75, 3.05) is 20.2 Å². The first-order valence-corrected chi connectivity index (χ1v) is 3.30. The summed E-state index contributed by atoms with van der Waals surface area (Å²) in [5, 5.41) is 8.45. The minimum absolute atomic E-state index is 0.0756. The first-order valence-electron chi connectivity index (χ1n) is 3.30. The molecule has 0 bridgehead atoms. The Kier molecular flexibility index (Phi) is 2.28. The van der Waals surface area contributed by atoms with E-state index < -0.39 is 18.4 Å². The number of carbonyl (C=O) groups is 1. The van der Waals surface area contributed by atoms with Gasteiger partial charge < -0.3 is 14.7 Å². The van der Waals surface area contributed by atoms with Gasteiger partial charge in [0.25, 0.3) is 0 Å². The molecule has 64 valence electrons. The summed E-state index contributed by atoms with van der Waals surface area (Å²) in [4.78, 5) is 11.3. The van der Waals surface area contributed by atoms with Crippen molar-refractivity contribution in [2.45, 2.75) is 12.3 Å². The Hall–Kier alpha value is -0.840. The first-order chi connectivity index (χ1) is 5.15. The smallest absolute Gasteiger partial charge is 0.407 e. The maximum Gasteiger partial charge on any atom is 0.407 e. The Morgan fingerprint density at radius 3 is 2.64 bits per heavy atom. The average Bonchev–Trinajstić information content (AvgIpc) is 2.31. The van der Waals surface area contributed by atoms with Crippen LogP contribution in [0, 0.1) is 0 Å². The second-order valence-electron chi connectivity index (χ2n) is 2.48. The molecule has 0 radical (unpaired) electrons. The molecule has 5 heteroatoms. The van der Waals surface area contributed by atoms with E-state index in [1.54, 1.807) is 0 Å². The molecule has 0 aromatic heterocycles. The fraction of sp³-hybridized carbons (Fsp3) is 0.833. The Bertz CT molecular complexity index is 164. The summed E-state index contributed by atoms with van der Waals surface area (Å²) >= 11 is 0. The van der Waals surface area contributed by atoms with E-state index in [1.165, 1.54) is 7.11 Å². The molecule has 1 rings (SSSR count). The molecule has 1 amide bonds. The Balaban J connectivity index is 2.49. The molecule has 11 heavy (non-hydrogen) atoms. The molecule has 1 fully saturated rings. The van der Waals surface area contributed by atoms with Crippen LogP contribution >= 0.6 is 0 Å². The summed E-state index contributed by atoms with van der Waals surface area (Å²) < 4.78 is 17.5. The molecule has 0 aromatic carbocycles. The Labute approximate surface area is 63.6 Å². The van der Waals surface area contributed by atoms with Crippen LogP contribution in [0.4, 0.5) is 9.18 Å². The number of rotatable bonds is 1. The summed E-state index contributed by atoms with van der Waals surface area (Å²) in [6, 6.07) is 0. The van der Waals surface area contributed by atoms with Crippen molar-refractivity contribution < 1.29 is 19.0 Å². The highest BCUT2D eigenvalue weighted by molar-refractivity contribution is 5.65. The van der Waals surface area contributed by atoms with Crippen molar-refractivity contribution in [3.63, 3.8) is 0 Å². The van der Waals surface area contributed by atoms with Crippen LogP contribution in [0.1, 0.15) is 0 Å². The van der Waals surface area contributed by atoms with Crippen LogP contribution in [0.3, 0.4) is 0 Å². The van der Waals surface area contributed by atoms with Gasteiger partial charge in [0.05, 0.1) is 13.1 Å². The third kappa shape index (κ3) is 1.59. The van der Waals surface area contributed by atoms with Gasteiger partial charge >= 0.3 is 6.09 Å². The third-order valence-electron chi connectivity index (χ3n) is 1.77. The third-order valence-corrected chi connectivity index (χ3v) is 1.77. The monoisotopic (exact) mass is 163 g/mol. The molecule has 1 saturated heterocycles.